The second-order valence-corrected chi connectivity index (χ2v) is 23.5. The number of aromatic nitrogens is 2. The lowest BCUT2D eigenvalue weighted by atomic mass is 9.78. The zero-order valence-corrected chi connectivity index (χ0v) is 45.2. The van der Waals surface area contributed by atoms with E-state index in [2.05, 4.69) is 296 Å². The Morgan fingerprint density at radius 3 is 1.59 bits per heavy atom. The second kappa shape index (κ2) is 19.0. The fraction of sp³-hybridized carbons (Fsp3) is 0.214. The van der Waals surface area contributed by atoms with Crippen molar-refractivity contribution in [1.29, 1.82) is 0 Å². The largest absolute Gasteiger partial charge is 0.457 e. The van der Waals surface area contributed by atoms with Gasteiger partial charge >= 0.3 is 0 Å². The normalized spacial score (nSPS) is 13.4. The van der Waals surface area contributed by atoms with Gasteiger partial charge in [0.25, 0.3) is 0 Å². The van der Waals surface area contributed by atoms with Crippen LogP contribution in [0.1, 0.15) is 108 Å². The minimum absolute atomic E-state index is 0.0205. The molecule has 0 N–H and O–H groups in total. The van der Waals surface area contributed by atoms with Crippen LogP contribution < -0.4 is 14.5 Å². The van der Waals surface area contributed by atoms with Crippen LogP contribution in [0.3, 0.4) is 0 Å². The Labute approximate surface area is 444 Å². The molecule has 2 aromatic heterocycles. The second-order valence-electron chi connectivity index (χ2n) is 23.5. The summed E-state index contributed by atoms with van der Waals surface area (Å²) < 4.78 is 9.55. The molecule has 75 heavy (non-hydrogen) atoms. The molecule has 5 heteroatoms. The number of nitrogens with zero attached hydrogens (tertiary/aromatic N) is 4. The molecule has 0 spiro atoms. The van der Waals surface area contributed by atoms with Crippen LogP contribution in [0.5, 0.6) is 11.5 Å². The molecule has 1 aliphatic rings. The number of fused-ring (bicyclic) bond motifs is 3. The summed E-state index contributed by atoms with van der Waals surface area (Å²) in [4.78, 5) is 9.98. The number of benzene rings is 8. The van der Waals surface area contributed by atoms with Crippen molar-refractivity contribution >= 4 is 38.9 Å². The molecule has 0 aliphatic carbocycles. The van der Waals surface area contributed by atoms with E-state index in [1.54, 1.807) is 0 Å². The molecule has 0 saturated heterocycles. The lowest BCUT2D eigenvalue weighted by molar-refractivity contribution is 0.480. The highest BCUT2D eigenvalue weighted by Gasteiger charge is 2.31. The summed E-state index contributed by atoms with van der Waals surface area (Å²) in [6.45, 7) is 23.7. The third-order valence-electron chi connectivity index (χ3n) is 15.6. The number of pyridine rings is 1. The van der Waals surface area contributed by atoms with Crippen molar-refractivity contribution in [3.05, 3.63) is 258 Å². The topological polar surface area (TPSA) is 33.5 Å². The SMILES string of the molecule is CC(C)(C)c1cc(N2C=C(c3ccccc3)N(c3cc(Oc4ccc5c6cc(-c7ccccc7)ccc6n(-c6cc(C(C)(C)c7ccccc7)ccn6)c5c4)cc(C(C)(C)c4ccccc4)c3)C2)cc(C(C)(C)C)c1. The molecule has 0 radical (unpaired) electrons. The van der Waals surface area contributed by atoms with E-state index in [4.69, 9.17) is 9.72 Å². The van der Waals surface area contributed by atoms with Gasteiger partial charge in [0.2, 0.25) is 0 Å². The van der Waals surface area contributed by atoms with E-state index < -0.39 is 0 Å². The van der Waals surface area contributed by atoms with Gasteiger partial charge < -0.3 is 14.5 Å². The first-order chi connectivity index (χ1) is 35.9. The number of ether oxygens (including phenoxy) is 1. The molecule has 8 aromatic carbocycles. The molecule has 0 fully saturated rings. The highest BCUT2D eigenvalue weighted by Crippen LogP contribution is 2.44. The fourth-order valence-electron chi connectivity index (χ4n) is 10.7. The van der Waals surface area contributed by atoms with Gasteiger partial charge in [-0.25, -0.2) is 4.98 Å². The van der Waals surface area contributed by atoms with Gasteiger partial charge in [0, 0.05) is 57.5 Å². The van der Waals surface area contributed by atoms with Gasteiger partial charge in [-0.3, -0.25) is 4.57 Å². The Morgan fingerprint density at radius 1 is 0.400 bits per heavy atom. The highest BCUT2D eigenvalue weighted by atomic mass is 16.5. The zero-order chi connectivity index (χ0) is 52.3. The molecule has 1 aliphatic heterocycles. The molecule has 374 valence electrons. The predicted molar refractivity (Wildman–Crippen MR) is 316 cm³/mol. The van der Waals surface area contributed by atoms with Gasteiger partial charge in [0.15, 0.2) is 0 Å². The monoisotopic (exact) mass is 981 g/mol. The number of hydrogen-bond acceptors (Lipinski definition) is 4. The molecular weight excluding hydrogens is 913 g/mol. The average molecular weight is 981 g/mol. The summed E-state index contributed by atoms with van der Waals surface area (Å²) in [5, 5.41) is 2.28. The molecule has 11 rings (SSSR count). The van der Waals surface area contributed by atoms with E-state index in [0.29, 0.717) is 6.67 Å². The summed E-state index contributed by atoms with van der Waals surface area (Å²) in [7, 11) is 0. The highest BCUT2D eigenvalue weighted by molar-refractivity contribution is 6.10. The Kier molecular flexibility index (Phi) is 12.4. The van der Waals surface area contributed by atoms with E-state index >= 15 is 0 Å². The number of rotatable bonds is 11. The quantitative estimate of drug-likeness (QED) is 0.129. The van der Waals surface area contributed by atoms with Crippen LogP contribution in [0.4, 0.5) is 11.4 Å². The molecule has 0 saturated carbocycles. The van der Waals surface area contributed by atoms with Crippen molar-refractivity contribution in [1.82, 2.24) is 9.55 Å². The fourth-order valence-corrected chi connectivity index (χ4v) is 10.7. The summed E-state index contributed by atoms with van der Waals surface area (Å²) in [6.07, 6.45) is 4.29. The smallest absolute Gasteiger partial charge is 0.137 e. The minimum atomic E-state index is -0.356. The Balaban J connectivity index is 1.06. The van der Waals surface area contributed by atoms with Crippen LogP contribution in [0, 0.1) is 0 Å². The minimum Gasteiger partial charge on any atom is -0.457 e. The van der Waals surface area contributed by atoms with Crippen molar-refractivity contribution in [2.75, 3.05) is 16.5 Å². The third kappa shape index (κ3) is 9.53. The number of hydrogen-bond donors (Lipinski definition) is 0. The van der Waals surface area contributed by atoms with Crippen LogP contribution in [-0.4, -0.2) is 16.2 Å². The van der Waals surface area contributed by atoms with E-state index in [1.807, 2.05) is 6.20 Å². The first-order valence-electron chi connectivity index (χ1n) is 26.4. The van der Waals surface area contributed by atoms with Crippen molar-refractivity contribution < 1.29 is 4.74 Å². The lowest BCUT2D eigenvalue weighted by Crippen LogP contribution is -2.28. The number of anilines is 2. The molecule has 0 unspecified atom stereocenters. The summed E-state index contributed by atoms with van der Waals surface area (Å²) in [6, 6.07) is 74.7. The maximum absolute atomic E-state index is 7.24. The summed E-state index contributed by atoms with van der Waals surface area (Å²) in [5.41, 5.74) is 15.8. The van der Waals surface area contributed by atoms with Crippen LogP contribution in [-0.2, 0) is 21.7 Å². The predicted octanol–water partition coefficient (Wildman–Crippen LogP) is 18.2. The van der Waals surface area contributed by atoms with Gasteiger partial charge in [-0.1, -0.05) is 203 Å². The Bertz CT molecular complexity index is 3690. The van der Waals surface area contributed by atoms with E-state index in [0.717, 1.165) is 61.6 Å². The Hall–Kier alpha value is -8.15. The van der Waals surface area contributed by atoms with E-state index in [1.165, 1.54) is 44.6 Å². The third-order valence-corrected chi connectivity index (χ3v) is 15.6. The first-order valence-corrected chi connectivity index (χ1v) is 26.4. The molecule has 3 heterocycles. The molecule has 0 bridgehead atoms. The molecular formula is C70H68N4O. The summed E-state index contributed by atoms with van der Waals surface area (Å²) in [5.74, 6) is 2.36. The molecule has 0 atom stereocenters. The lowest BCUT2D eigenvalue weighted by Gasteiger charge is -2.31. The van der Waals surface area contributed by atoms with Crippen LogP contribution in [0.25, 0.3) is 44.4 Å². The van der Waals surface area contributed by atoms with Crippen molar-refractivity contribution in [3.8, 4) is 28.4 Å². The maximum Gasteiger partial charge on any atom is 0.137 e. The van der Waals surface area contributed by atoms with Gasteiger partial charge in [-0.05, 0) is 122 Å². The van der Waals surface area contributed by atoms with E-state index in [-0.39, 0.29) is 21.7 Å². The van der Waals surface area contributed by atoms with Crippen molar-refractivity contribution in [2.45, 2.75) is 90.9 Å². The maximum atomic E-state index is 7.24. The first kappa shape index (κ1) is 49.1. The average Bonchev–Trinajstić information content (AvgIpc) is 4.04. The van der Waals surface area contributed by atoms with Gasteiger partial charge in [0.1, 0.15) is 17.3 Å². The van der Waals surface area contributed by atoms with Crippen LogP contribution in [0.15, 0.2) is 219 Å². The summed E-state index contributed by atoms with van der Waals surface area (Å²) >= 11 is 0. The standard InChI is InChI=1S/C70H68N4O/c1-67(2,3)54-38-55(68(4,5)6)40-57(39-54)72-46-65(49-25-17-12-18-26-49)73(47-72)58-41-56(70(9,10)52-29-21-14-22-30-52)42-60(44-58)75-59-32-33-61-62-37-50(48-23-15-11-16-24-48)31-34-63(62)74(64(61)45-59)66-43-53(35-36-71-66)69(7,8)51-27-19-13-20-28-51/h11-46H,47H2,1-10H3. The van der Waals surface area contributed by atoms with Crippen molar-refractivity contribution in [2.24, 2.45) is 0 Å². The van der Waals surface area contributed by atoms with Gasteiger partial charge in [0.05, 0.1) is 23.4 Å². The van der Waals surface area contributed by atoms with Gasteiger partial charge in [-0.15, -0.1) is 0 Å². The molecule has 0 amide bonds. The van der Waals surface area contributed by atoms with Crippen LogP contribution in [0.2, 0.25) is 0 Å². The molecule has 10 aromatic rings. The van der Waals surface area contributed by atoms with Crippen molar-refractivity contribution in [3.63, 3.8) is 0 Å². The zero-order valence-electron chi connectivity index (χ0n) is 45.2. The van der Waals surface area contributed by atoms with Gasteiger partial charge in [-0.2, -0.15) is 0 Å². The van der Waals surface area contributed by atoms with Crippen LogP contribution >= 0.6 is 0 Å². The van der Waals surface area contributed by atoms with E-state index in [9.17, 15) is 0 Å². The Morgan fingerprint density at radius 2 is 0.973 bits per heavy atom. The molecule has 5 nitrogen and oxygen atoms in total.